The van der Waals surface area contributed by atoms with Crippen molar-refractivity contribution >= 4 is 17.7 Å². The predicted molar refractivity (Wildman–Crippen MR) is 58.2 cm³/mol. The molecule has 1 aromatic carbocycles. The Morgan fingerprint density at radius 2 is 1.93 bits per heavy atom. The first-order valence-electron chi connectivity index (χ1n) is 4.07. The summed E-state index contributed by atoms with van der Waals surface area (Å²) >= 11 is 1.55. The first-order chi connectivity index (χ1) is 6.79. The van der Waals surface area contributed by atoms with Gasteiger partial charge in [-0.25, -0.2) is 4.79 Å². The van der Waals surface area contributed by atoms with Crippen molar-refractivity contribution in [2.75, 3.05) is 0 Å². The van der Waals surface area contributed by atoms with Crippen LogP contribution in [-0.4, -0.2) is 11.1 Å². The standard InChI is InChI=1S/C11H10O2S/c12-11(13)8-4-5-9-14-10-6-2-1-3-7-10/h1-9H,(H,12,13)/b8-4+,9-5+. The van der Waals surface area contributed by atoms with Gasteiger partial charge in [0.2, 0.25) is 0 Å². The van der Waals surface area contributed by atoms with Gasteiger partial charge < -0.3 is 5.11 Å². The summed E-state index contributed by atoms with van der Waals surface area (Å²) in [5.74, 6) is -0.931. The third-order valence-corrected chi connectivity index (χ3v) is 2.21. The second-order valence-electron chi connectivity index (χ2n) is 2.46. The highest BCUT2D eigenvalue weighted by atomic mass is 32.2. The highest BCUT2D eigenvalue weighted by molar-refractivity contribution is 8.02. The van der Waals surface area contributed by atoms with E-state index in [-0.39, 0.29) is 0 Å². The average molecular weight is 206 g/mol. The van der Waals surface area contributed by atoms with E-state index < -0.39 is 5.97 Å². The number of thioether (sulfide) groups is 1. The third kappa shape index (κ3) is 4.52. The van der Waals surface area contributed by atoms with E-state index in [0.717, 1.165) is 11.0 Å². The minimum Gasteiger partial charge on any atom is -0.478 e. The van der Waals surface area contributed by atoms with Crippen LogP contribution in [0.15, 0.2) is 58.9 Å². The normalized spacial score (nSPS) is 11.1. The molecule has 0 aliphatic rings. The van der Waals surface area contributed by atoms with Gasteiger partial charge in [-0.05, 0) is 17.5 Å². The maximum absolute atomic E-state index is 10.1. The second-order valence-corrected chi connectivity index (χ2v) is 3.44. The fourth-order valence-corrected chi connectivity index (χ4v) is 1.44. The molecule has 0 radical (unpaired) electrons. The Morgan fingerprint density at radius 1 is 1.21 bits per heavy atom. The van der Waals surface area contributed by atoms with Gasteiger partial charge in [0.05, 0.1) is 0 Å². The van der Waals surface area contributed by atoms with Gasteiger partial charge in [0.15, 0.2) is 0 Å². The zero-order valence-electron chi connectivity index (χ0n) is 7.46. The summed E-state index contributed by atoms with van der Waals surface area (Å²) in [6.07, 6.45) is 4.30. The summed E-state index contributed by atoms with van der Waals surface area (Å²) in [6, 6.07) is 9.87. The number of allylic oxidation sites excluding steroid dienone is 2. The Bertz CT molecular complexity index is 342. The Morgan fingerprint density at radius 3 is 2.57 bits per heavy atom. The van der Waals surface area contributed by atoms with Gasteiger partial charge in [0, 0.05) is 11.0 Å². The van der Waals surface area contributed by atoms with Gasteiger partial charge in [0.1, 0.15) is 0 Å². The van der Waals surface area contributed by atoms with Gasteiger partial charge in [-0.1, -0.05) is 42.1 Å². The van der Waals surface area contributed by atoms with Crippen molar-refractivity contribution in [2.24, 2.45) is 0 Å². The smallest absolute Gasteiger partial charge is 0.328 e. The molecule has 0 aliphatic heterocycles. The second kappa shape index (κ2) is 6.05. The van der Waals surface area contributed by atoms with Crippen LogP contribution < -0.4 is 0 Å². The Kier molecular flexibility index (Phi) is 4.58. The first kappa shape index (κ1) is 10.6. The van der Waals surface area contributed by atoms with Gasteiger partial charge in [-0.2, -0.15) is 0 Å². The molecule has 0 bridgehead atoms. The van der Waals surface area contributed by atoms with Crippen LogP contribution in [0.5, 0.6) is 0 Å². The lowest BCUT2D eigenvalue weighted by Crippen LogP contribution is -1.84. The molecule has 2 nitrogen and oxygen atoms in total. The highest BCUT2D eigenvalue weighted by Crippen LogP contribution is 2.17. The molecule has 72 valence electrons. The Labute approximate surface area is 87.0 Å². The van der Waals surface area contributed by atoms with Gasteiger partial charge >= 0.3 is 5.97 Å². The van der Waals surface area contributed by atoms with Crippen LogP contribution in [0.1, 0.15) is 0 Å². The number of hydrogen-bond donors (Lipinski definition) is 1. The summed E-state index contributed by atoms with van der Waals surface area (Å²) in [5.41, 5.74) is 0. The number of rotatable bonds is 4. The molecule has 0 atom stereocenters. The number of carboxylic acids is 1. The van der Waals surface area contributed by atoms with Crippen LogP contribution in [0.2, 0.25) is 0 Å². The molecule has 0 unspecified atom stereocenters. The molecular weight excluding hydrogens is 196 g/mol. The van der Waals surface area contributed by atoms with Gasteiger partial charge in [-0.3, -0.25) is 0 Å². The number of benzene rings is 1. The SMILES string of the molecule is O=C(O)/C=C/C=C/Sc1ccccc1. The van der Waals surface area contributed by atoms with E-state index in [1.54, 1.807) is 17.8 Å². The summed E-state index contributed by atoms with van der Waals surface area (Å²) < 4.78 is 0. The maximum atomic E-state index is 10.1. The molecule has 0 aromatic heterocycles. The van der Waals surface area contributed by atoms with Crippen LogP contribution >= 0.6 is 11.8 Å². The predicted octanol–water partition coefficient (Wildman–Crippen LogP) is 2.93. The summed E-state index contributed by atoms with van der Waals surface area (Å²) in [5, 5.41) is 10.1. The molecule has 3 heteroatoms. The molecule has 0 amide bonds. The van der Waals surface area contributed by atoms with Gasteiger partial charge in [0.25, 0.3) is 0 Å². The van der Waals surface area contributed by atoms with Crippen molar-refractivity contribution in [3.63, 3.8) is 0 Å². The van der Waals surface area contributed by atoms with Crippen LogP contribution in [0.3, 0.4) is 0 Å². The summed E-state index contributed by atoms with van der Waals surface area (Å²) in [7, 11) is 0. The number of carboxylic acid groups (broad SMARTS) is 1. The van der Waals surface area contributed by atoms with Crippen molar-refractivity contribution < 1.29 is 9.90 Å². The Hall–Kier alpha value is -1.48. The van der Waals surface area contributed by atoms with Crippen LogP contribution in [-0.2, 0) is 4.79 Å². The zero-order chi connectivity index (χ0) is 10.2. The zero-order valence-corrected chi connectivity index (χ0v) is 8.28. The molecule has 0 heterocycles. The summed E-state index contributed by atoms with van der Waals surface area (Å²) in [4.78, 5) is 11.2. The molecule has 1 aromatic rings. The van der Waals surface area contributed by atoms with Gasteiger partial charge in [-0.15, -0.1) is 0 Å². The van der Waals surface area contributed by atoms with Crippen LogP contribution in [0.4, 0.5) is 0 Å². The topological polar surface area (TPSA) is 37.3 Å². The fraction of sp³-hybridized carbons (Fsp3) is 0. The molecule has 0 fully saturated rings. The number of carbonyl (C=O) groups is 1. The van der Waals surface area contributed by atoms with Crippen molar-refractivity contribution in [3.05, 3.63) is 54.0 Å². The number of hydrogen-bond acceptors (Lipinski definition) is 2. The third-order valence-electron chi connectivity index (χ3n) is 1.38. The van der Waals surface area contributed by atoms with Crippen molar-refractivity contribution in [1.29, 1.82) is 0 Å². The fourth-order valence-electron chi connectivity index (χ4n) is 0.800. The maximum Gasteiger partial charge on any atom is 0.328 e. The molecule has 0 saturated heterocycles. The van der Waals surface area contributed by atoms with Crippen LogP contribution in [0, 0.1) is 0 Å². The van der Waals surface area contributed by atoms with Crippen molar-refractivity contribution in [1.82, 2.24) is 0 Å². The first-order valence-corrected chi connectivity index (χ1v) is 4.95. The van der Waals surface area contributed by atoms with E-state index in [1.165, 1.54) is 6.08 Å². The summed E-state index contributed by atoms with van der Waals surface area (Å²) in [6.45, 7) is 0. The quantitative estimate of drug-likeness (QED) is 0.467. The largest absolute Gasteiger partial charge is 0.478 e. The molecule has 0 spiro atoms. The van der Waals surface area contributed by atoms with E-state index in [4.69, 9.17) is 5.11 Å². The minimum atomic E-state index is -0.931. The van der Waals surface area contributed by atoms with E-state index in [0.29, 0.717) is 0 Å². The average Bonchev–Trinajstić information content (AvgIpc) is 2.18. The molecule has 0 saturated carbocycles. The van der Waals surface area contributed by atoms with Crippen LogP contribution in [0.25, 0.3) is 0 Å². The molecule has 1 N–H and O–H groups in total. The molecule has 1 rings (SSSR count). The van der Waals surface area contributed by atoms with Crippen molar-refractivity contribution in [3.8, 4) is 0 Å². The molecular formula is C11H10O2S. The van der Waals surface area contributed by atoms with E-state index in [2.05, 4.69) is 0 Å². The molecule has 0 aliphatic carbocycles. The lowest BCUT2D eigenvalue weighted by atomic mass is 10.4. The lowest BCUT2D eigenvalue weighted by molar-refractivity contribution is -0.131. The van der Waals surface area contributed by atoms with E-state index in [9.17, 15) is 4.79 Å². The van der Waals surface area contributed by atoms with E-state index >= 15 is 0 Å². The van der Waals surface area contributed by atoms with Crippen molar-refractivity contribution in [2.45, 2.75) is 4.90 Å². The van der Waals surface area contributed by atoms with E-state index in [1.807, 2.05) is 35.7 Å². The number of aliphatic carboxylic acids is 1. The monoisotopic (exact) mass is 206 g/mol. The Balaban J connectivity index is 2.38. The lowest BCUT2D eigenvalue weighted by Gasteiger charge is -1.91. The molecule has 14 heavy (non-hydrogen) atoms. The highest BCUT2D eigenvalue weighted by Gasteiger charge is 1.85. The minimum absolute atomic E-state index is 0.931.